The third kappa shape index (κ3) is 5.86. The van der Waals surface area contributed by atoms with Crippen LogP contribution < -0.4 is 9.80 Å². The Balaban J connectivity index is 1.16. The summed E-state index contributed by atoms with van der Waals surface area (Å²) < 4.78 is 5.15. The molecule has 4 heteroatoms. The monoisotopic (exact) mass is 878 g/mol. The molecule has 0 fully saturated rings. The Bertz CT molecular complexity index is 3820. The van der Waals surface area contributed by atoms with E-state index in [-0.39, 0.29) is 10.8 Å². The van der Waals surface area contributed by atoms with Crippen LogP contribution in [0, 0.1) is 13.8 Å². The predicted molar refractivity (Wildman–Crippen MR) is 292 cm³/mol. The molecule has 0 aliphatic heterocycles. The van der Waals surface area contributed by atoms with E-state index < -0.39 is 0 Å². The van der Waals surface area contributed by atoms with Crippen LogP contribution in [0.1, 0.15) is 63.8 Å². The Morgan fingerprint density at radius 3 is 1.06 bits per heavy atom. The van der Waals surface area contributed by atoms with Crippen LogP contribution in [0.3, 0.4) is 0 Å². The number of aromatic nitrogens is 2. The largest absolute Gasteiger partial charge is 0.310 e. The van der Waals surface area contributed by atoms with Gasteiger partial charge in [0.1, 0.15) is 0 Å². The van der Waals surface area contributed by atoms with Gasteiger partial charge in [-0.15, -0.1) is 0 Å². The molecule has 330 valence electrons. The molecule has 0 aliphatic carbocycles. The van der Waals surface area contributed by atoms with E-state index in [1.165, 1.54) is 110 Å². The Morgan fingerprint density at radius 1 is 0.324 bits per heavy atom. The first-order valence-corrected chi connectivity index (χ1v) is 24.1. The van der Waals surface area contributed by atoms with Gasteiger partial charge in [-0.2, -0.15) is 0 Å². The zero-order valence-electron chi connectivity index (χ0n) is 40.1. The number of rotatable bonds is 6. The topological polar surface area (TPSA) is 15.3 Å². The molecular weight excluding hydrogens is 825 g/mol. The zero-order chi connectivity index (χ0) is 46.4. The van der Waals surface area contributed by atoms with Gasteiger partial charge in [-0.25, -0.2) is 0 Å². The molecule has 4 nitrogen and oxygen atoms in total. The van der Waals surface area contributed by atoms with E-state index in [0.29, 0.717) is 0 Å². The first kappa shape index (κ1) is 40.5. The lowest BCUT2D eigenvalue weighted by molar-refractivity contribution is 0.591. The molecule has 0 saturated heterocycles. The summed E-state index contributed by atoms with van der Waals surface area (Å²) in [7, 11) is 0. The number of nitrogens with zero attached hydrogens (tertiary/aromatic N) is 4. The highest BCUT2D eigenvalue weighted by atomic mass is 15.2. The number of fused-ring (bicyclic) bond motifs is 12. The van der Waals surface area contributed by atoms with E-state index in [1.807, 2.05) is 0 Å². The predicted octanol–water partition coefficient (Wildman–Crippen LogP) is 18.1. The molecule has 0 spiro atoms. The Hall–Kier alpha value is -7.82. The summed E-state index contributed by atoms with van der Waals surface area (Å²) >= 11 is 0. The quantitative estimate of drug-likeness (QED) is 0.165. The maximum atomic E-state index is 2.57. The van der Waals surface area contributed by atoms with Gasteiger partial charge in [-0.3, -0.25) is 0 Å². The minimum Gasteiger partial charge on any atom is -0.310 e. The van der Waals surface area contributed by atoms with Crippen LogP contribution >= 0.6 is 0 Å². The van der Waals surface area contributed by atoms with E-state index >= 15 is 0 Å². The summed E-state index contributed by atoms with van der Waals surface area (Å²) in [6, 6.07) is 68.6. The van der Waals surface area contributed by atoms with Gasteiger partial charge in [0.2, 0.25) is 0 Å². The van der Waals surface area contributed by atoms with Crippen molar-refractivity contribution in [3.63, 3.8) is 0 Å². The van der Waals surface area contributed by atoms with E-state index in [0.717, 1.165) is 22.7 Å². The normalized spacial score (nSPS) is 12.7. The van der Waals surface area contributed by atoms with Crippen molar-refractivity contribution in [2.24, 2.45) is 0 Å². The van der Waals surface area contributed by atoms with Crippen molar-refractivity contribution in [1.29, 1.82) is 0 Å². The first-order valence-electron chi connectivity index (χ1n) is 24.1. The maximum absolute atomic E-state index is 2.57. The highest BCUT2D eigenvalue weighted by molar-refractivity contribution is 6.32. The van der Waals surface area contributed by atoms with Gasteiger partial charge < -0.3 is 18.6 Å². The zero-order valence-corrected chi connectivity index (χ0v) is 40.1. The molecule has 0 radical (unpaired) electrons. The lowest BCUT2D eigenvalue weighted by atomic mass is 9.86. The van der Waals surface area contributed by atoms with Crippen molar-refractivity contribution in [2.45, 2.75) is 66.2 Å². The molecule has 0 N–H and O–H groups in total. The van der Waals surface area contributed by atoms with Gasteiger partial charge in [0.25, 0.3) is 0 Å². The summed E-state index contributed by atoms with van der Waals surface area (Å²) in [6.07, 6.45) is 0. The van der Waals surface area contributed by atoms with Gasteiger partial charge >= 0.3 is 0 Å². The van der Waals surface area contributed by atoms with Gasteiger partial charge in [0, 0.05) is 65.8 Å². The van der Waals surface area contributed by atoms with E-state index in [9.17, 15) is 0 Å². The molecule has 13 aromatic rings. The molecule has 0 atom stereocenters. The van der Waals surface area contributed by atoms with Crippen LogP contribution in [0.5, 0.6) is 0 Å². The number of hydrogen-bond acceptors (Lipinski definition) is 2. The van der Waals surface area contributed by atoms with Crippen molar-refractivity contribution in [1.82, 2.24) is 8.80 Å². The molecule has 0 aliphatic rings. The Labute approximate surface area is 397 Å². The van der Waals surface area contributed by atoms with Crippen LogP contribution in [0.15, 0.2) is 182 Å². The standard InChI is InChI=1S/C64H54N4/c1-39-19-25-45(26-20-39)65(43-15-11-9-12-16-43)55-33-29-47-49-37-58-50(38-57(49)67-53-31-23-41(63(3,4)5)35-51(53)59(55)61(47)67)48-30-34-56(66(44-17-13-10-14-18-44)46-27-21-40(2)22-28-46)60-52-36-42(64(6,7)8)24-32-54(52)68(58)62(48)60/h9-38H,1-8H3. The summed E-state index contributed by atoms with van der Waals surface area (Å²) in [5.41, 5.74) is 19.5. The fraction of sp³-hybridized carbons (Fsp3) is 0.156. The summed E-state index contributed by atoms with van der Waals surface area (Å²) in [4.78, 5) is 4.90. The number of para-hydroxylation sites is 2. The number of anilines is 6. The van der Waals surface area contributed by atoms with Crippen LogP contribution in [0.2, 0.25) is 0 Å². The number of hydrogen-bond donors (Lipinski definition) is 0. The van der Waals surface area contributed by atoms with Crippen molar-refractivity contribution in [3.05, 3.63) is 204 Å². The third-order valence-corrected chi connectivity index (χ3v) is 14.8. The summed E-state index contributed by atoms with van der Waals surface area (Å²) in [5.74, 6) is 0. The van der Waals surface area contributed by atoms with Crippen molar-refractivity contribution < 1.29 is 0 Å². The average Bonchev–Trinajstić information content (AvgIpc) is 4.06. The third-order valence-electron chi connectivity index (χ3n) is 14.8. The molecule has 0 amide bonds. The Morgan fingerprint density at radius 2 is 0.691 bits per heavy atom. The molecule has 0 unspecified atom stereocenters. The molecule has 68 heavy (non-hydrogen) atoms. The first-order chi connectivity index (χ1) is 32.8. The van der Waals surface area contributed by atoms with Gasteiger partial charge in [-0.05, 0) is 133 Å². The van der Waals surface area contributed by atoms with E-state index in [4.69, 9.17) is 0 Å². The molecule has 0 saturated carbocycles. The highest BCUT2D eigenvalue weighted by Crippen LogP contribution is 2.52. The van der Waals surface area contributed by atoms with E-state index in [2.05, 4.69) is 256 Å². The van der Waals surface area contributed by atoms with Crippen LogP contribution in [0.25, 0.3) is 76.2 Å². The van der Waals surface area contributed by atoms with Crippen molar-refractivity contribution in [3.8, 4) is 0 Å². The molecule has 0 bridgehead atoms. The molecule has 4 aromatic heterocycles. The second-order valence-corrected chi connectivity index (χ2v) is 21.2. The van der Waals surface area contributed by atoms with Crippen molar-refractivity contribution >= 4 is 110 Å². The SMILES string of the molecule is Cc1ccc(N(c2ccccc2)c2ccc3c4cc5c(cc4n4c6ccc(C(C)(C)C)cc6c2c34)c2ccc(N(c3ccccc3)c3ccc(C)cc3)c3c4cc(C(C)(C)C)ccc4n5c23)cc1. The van der Waals surface area contributed by atoms with Crippen LogP contribution in [-0.2, 0) is 10.8 Å². The minimum atomic E-state index is -0.0176. The fourth-order valence-corrected chi connectivity index (χ4v) is 11.3. The number of benzene rings is 9. The lowest BCUT2D eigenvalue weighted by Crippen LogP contribution is -2.11. The summed E-state index contributed by atoms with van der Waals surface area (Å²) in [5, 5.41) is 10.2. The van der Waals surface area contributed by atoms with Gasteiger partial charge in [0.15, 0.2) is 0 Å². The minimum absolute atomic E-state index is 0.0176. The fourth-order valence-electron chi connectivity index (χ4n) is 11.3. The van der Waals surface area contributed by atoms with Gasteiger partial charge in [0.05, 0.1) is 44.5 Å². The molecule has 13 rings (SSSR count). The molecular formula is C64H54N4. The lowest BCUT2D eigenvalue weighted by Gasteiger charge is -2.27. The highest BCUT2D eigenvalue weighted by Gasteiger charge is 2.29. The van der Waals surface area contributed by atoms with Gasteiger partial charge in [-0.1, -0.05) is 138 Å². The molecule has 9 aromatic carbocycles. The number of aryl methyl sites for hydroxylation is 2. The smallest absolute Gasteiger partial charge is 0.0641 e. The molecule has 4 heterocycles. The Kier molecular flexibility index (Phi) is 8.53. The average molecular weight is 879 g/mol. The maximum Gasteiger partial charge on any atom is 0.0641 e. The second-order valence-electron chi connectivity index (χ2n) is 21.2. The van der Waals surface area contributed by atoms with Crippen LogP contribution in [-0.4, -0.2) is 8.80 Å². The summed E-state index contributed by atoms with van der Waals surface area (Å²) in [6.45, 7) is 18.2. The van der Waals surface area contributed by atoms with Crippen molar-refractivity contribution in [2.75, 3.05) is 9.80 Å². The van der Waals surface area contributed by atoms with Crippen LogP contribution in [0.4, 0.5) is 34.1 Å². The second kappa shape index (κ2) is 14.3. The van der Waals surface area contributed by atoms with E-state index in [1.54, 1.807) is 0 Å².